The molecule has 254 valence electrons. The van der Waals surface area contributed by atoms with Crippen molar-refractivity contribution in [2.75, 3.05) is 0 Å². The number of hydrogen-bond acceptors (Lipinski definition) is 3. The van der Waals surface area contributed by atoms with Crippen molar-refractivity contribution in [3.8, 4) is 34.1 Å². The zero-order valence-electron chi connectivity index (χ0n) is 30.3. The summed E-state index contributed by atoms with van der Waals surface area (Å²) < 4.78 is 11.0. The van der Waals surface area contributed by atoms with Gasteiger partial charge in [-0.1, -0.05) is 76.4 Å². The molecule has 0 aliphatic carbocycles. The molecule has 0 radical (unpaired) electrons. The number of ether oxygens (including phenoxy) is 1. The predicted molar refractivity (Wildman–Crippen MR) is 208 cm³/mol. The van der Waals surface area contributed by atoms with E-state index in [2.05, 4.69) is 131 Å². The Morgan fingerprint density at radius 3 is 2.22 bits per heavy atom. The van der Waals surface area contributed by atoms with Crippen LogP contribution in [0.15, 0.2) is 104 Å². The average Bonchev–Trinajstić information content (AvgIpc) is 3.71. The minimum Gasteiger partial charge on any atom is -0.457 e. The van der Waals surface area contributed by atoms with Crippen molar-refractivity contribution in [1.82, 2.24) is 19.3 Å². The van der Waals surface area contributed by atoms with Gasteiger partial charge in [-0.3, -0.25) is 4.57 Å². The quantitative estimate of drug-likeness (QED) is 0.131. The standard InChI is InChI=1S/C45H48N4O/c1-7-11-34-21-32(6)22-35(12-8-2)45(34)36-28-47-48(29-36)37-24-33(16-15-30(3)4)25-39(26-37)50-38-17-18-41-40-13-9-10-14-42(40)49(43(41)27-38)44-23-31(5)19-20-46-44/h9-10,13-14,17-30H,7-8,11-12,15-16H2,1-6H3. The molecule has 0 saturated carbocycles. The largest absolute Gasteiger partial charge is 0.457 e. The molecule has 0 amide bonds. The van der Waals surface area contributed by atoms with E-state index in [1.165, 1.54) is 49.7 Å². The van der Waals surface area contributed by atoms with Crippen LogP contribution >= 0.6 is 0 Å². The maximum atomic E-state index is 6.74. The number of rotatable bonds is 12. The smallest absolute Gasteiger partial charge is 0.137 e. The van der Waals surface area contributed by atoms with E-state index in [9.17, 15) is 0 Å². The number of fused-ring (bicyclic) bond motifs is 3. The van der Waals surface area contributed by atoms with E-state index in [4.69, 9.17) is 14.8 Å². The third-order valence-electron chi connectivity index (χ3n) is 9.59. The molecule has 50 heavy (non-hydrogen) atoms. The van der Waals surface area contributed by atoms with E-state index in [1.807, 2.05) is 23.1 Å². The molecular formula is C45H48N4O. The monoisotopic (exact) mass is 660 g/mol. The van der Waals surface area contributed by atoms with Crippen LogP contribution in [0.2, 0.25) is 0 Å². The Morgan fingerprint density at radius 1 is 0.720 bits per heavy atom. The molecule has 7 aromatic rings. The van der Waals surface area contributed by atoms with Crippen LogP contribution in [0.1, 0.15) is 74.8 Å². The zero-order chi connectivity index (χ0) is 34.8. The fourth-order valence-electron chi connectivity index (χ4n) is 7.31. The maximum absolute atomic E-state index is 6.74. The second-order valence-electron chi connectivity index (χ2n) is 14.2. The van der Waals surface area contributed by atoms with Gasteiger partial charge in [0.25, 0.3) is 0 Å². The second kappa shape index (κ2) is 14.4. The van der Waals surface area contributed by atoms with Gasteiger partial charge in [-0.2, -0.15) is 5.10 Å². The topological polar surface area (TPSA) is 44.9 Å². The molecule has 3 heterocycles. The van der Waals surface area contributed by atoms with E-state index >= 15 is 0 Å². The van der Waals surface area contributed by atoms with Crippen molar-refractivity contribution in [1.29, 1.82) is 0 Å². The summed E-state index contributed by atoms with van der Waals surface area (Å²) in [5.41, 5.74) is 12.3. The molecular weight excluding hydrogens is 613 g/mol. The lowest BCUT2D eigenvalue weighted by atomic mass is 9.90. The molecule has 4 aromatic carbocycles. The molecule has 0 fully saturated rings. The minimum absolute atomic E-state index is 0.606. The molecule has 5 heteroatoms. The summed E-state index contributed by atoms with van der Waals surface area (Å²) in [6.07, 6.45) is 12.5. The summed E-state index contributed by atoms with van der Waals surface area (Å²) in [5.74, 6) is 3.10. The molecule has 0 N–H and O–H groups in total. The van der Waals surface area contributed by atoms with Crippen molar-refractivity contribution in [2.24, 2.45) is 5.92 Å². The van der Waals surface area contributed by atoms with Gasteiger partial charge in [0, 0.05) is 40.9 Å². The fraction of sp³-hybridized carbons (Fsp3) is 0.289. The van der Waals surface area contributed by atoms with E-state index in [-0.39, 0.29) is 0 Å². The molecule has 0 aliphatic rings. The van der Waals surface area contributed by atoms with Crippen molar-refractivity contribution >= 4 is 21.8 Å². The zero-order valence-corrected chi connectivity index (χ0v) is 30.3. The number of aryl methyl sites for hydroxylation is 5. The first-order chi connectivity index (χ1) is 24.3. The molecule has 3 aromatic heterocycles. The van der Waals surface area contributed by atoms with Gasteiger partial charge in [0.05, 0.1) is 22.9 Å². The van der Waals surface area contributed by atoms with Crippen molar-refractivity contribution in [3.05, 3.63) is 131 Å². The maximum Gasteiger partial charge on any atom is 0.137 e. The number of hydrogen-bond donors (Lipinski definition) is 0. The van der Waals surface area contributed by atoms with Crippen LogP contribution in [0.3, 0.4) is 0 Å². The Kier molecular flexibility index (Phi) is 9.58. The van der Waals surface area contributed by atoms with Crippen LogP contribution in [0.5, 0.6) is 11.5 Å². The van der Waals surface area contributed by atoms with Gasteiger partial charge in [-0.15, -0.1) is 0 Å². The summed E-state index contributed by atoms with van der Waals surface area (Å²) >= 11 is 0. The van der Waals surface area contributed by atoms with Crippen molar-refractivity contribution in [2.45, 2.75) is 80.1 Å². The van der Waals surface area contributed by atoms with Gasteiger partial charge >= 0.3 is 0 Å². The normalized spacial score (nSPS) is 11.7. The van der Waals surface area contributed by atoms with Gasteiger partial charge < -0.3 is 4.74 Å². The predicted octanol–water partition coefficient (Wildman–Crippen LogP) is 11.9. The lowest BCUT2D eigenvalue weighted by Gasteiger charge is -2.15. The number of para-hydroxylation sites is 1. The van der Waals surface area contributed by atoms with E-state index in [0.29, 0.717) is 5.92 Å². The highest BCUT2D eigenvalue weighted by Gasteiger charge is 2.17. The van der Waals surface area contributed by atoms with Crippen molar-refractivity contribution in [3.63, 3.8) is 0 Å². The summed E-state index contributed by atoms with van der Waals surface area (Å²) in [6, 6.07) is 30.4. The Bertz CT molecular complexity index is 2260. The molecule has 5 nitrogen and oxygen atoms in total. The molecule has 0 aliphatic heterocycles. The highest BCUT2D eigenvalue weighted by atomic mass is 16.5. The summed E-state index contributed by atoms with van der Waals surface area (Å²) in [5, 5.41) is 7.31. The van der Waals surface area contributed by atoms with Gasteiger partial charge in [0.15, 0.2) is 0 Å². The van der Waals surface area contributed by atoms with Gasteiger partial charge in [0.1, 0.15) is 17.3 Å². The number of nitrogens with zero attached hydrogens (tertiary/aromatic N) is 4. The number of aromatic nitrogens is 4. The van der Waals surface area contributed by atoms with Gasteiger partial charge in [0.2, 0.25) is 0 Å². The Balaban J connectivity index is 1.30. The fourth-order valence-corrected chi connectivity index (χ4v) is 7.31. The van der Waals surface area contributed by atoms with Crippen LogP contribution < -0.4 is 4.74 Å². The van der Waals surface area contributed by atoms with Gasteiger partial charge in [-0.05, 0) is 116 Å². The minimum atomic E-state index is 0.606. The first kappa shape index (κ1) is 33.3. The van der Waals surface area contributed by atoms with E-state index in [0.717, 1.165) is 72.6 Å². The third kappa shape index (κ3) is 6.82. The van der Waals surface area contributed by atoms with Crippen LogP contribution in [0.4, 0.5) is 0 Å². The SMILES string of the molecule is CCCc1cc(C)cc(CCC)c1-c1cnn(-c2cc(CCC(C)C)cc(Oc3ccc4c5ccccc5n(-c5cc(C)ccn5)c4c3)c2)c1. The molecule has 0 unspecified atom stereocenters. The average molecular weight is 661 g/mol. The molecule has 0 atom stereocenters. The first-order valence-electron chi connectivity index (χ1n) is 18.3. The van der Waals surface area contributed by atoms with Crippen LogP contribution in [-0.2, 0) is 19.3 Å². The molecule has 0 spiro atoms. The number of pyridine rings is 1. The number of benzene rings is 4. The molecule has 7 rings (SSSR count). The summed E-state index contributed by atoms with van der Waals surface area (Å²) in [7, 11) is 0. The second-order valence-corrected chi connectivity index (χ2v) is 14.2. The lowest BCUT2D eigenvalue weighted by Crippen LogP contribution is -2.00. The third-order valence-corrected chi connectivity index (χ3v) is 9.59. The first-order valence-corrected chi connectivity index (χ1v) is 18.3. The Hall–Kier alpha value is -5.16. The van der Waals surface area contributed by atoms with E-state index < -0.39 is 0 Å². The molecule has 0 bridgehead atoms. The summed E-state index contributed by atoms with van der Waals surface area (Å²) in [6.45, 7) is 13.4. The van der Waals surface area contributed by atoms with Crippen LogP contribution in [0.25, 0.3) is 44.4 Å². The van der Waals surface area contributed by atoms with E-state index in [1.54, 1.807) is 0 Å². The van der Waals surface area contributed by atoms with Crippen LogP contribution in [-0.4, -0.2) is 19.3 Å². The highest BCUT2D eigenvalue weighted by Crippen LogP contribution is 2.36. The molecule has 0 saturated heterocycles. The Labute approximate surface area is 296 Å². The lowest BCUT2D eigenvalue weighted by molar-refractivity contribution is 0.481. The highest BCUT2D eigenvalue weighted by molar-refractivity contribution is 6.09. The van der Waals surface area contributed by atoms with Crippen LogP contribution in [0, 0.1) is 19.8 Å². The Morgan fingerprint density at radius 2 is 1.48 bits per heavy atom. The summed E-state index contributed by atoms with van der Waals surface area (Å²) in [4.78, 5) is 4.76. The van der Waals surface area contributed by atoms with Gasteiger partial charge in [-0.25, -0.2) is 9.67 Å². The van der Waals surface area contributed by atoms with Crippen molar-refractivity contribution < 1.29 is 4.74 Å².